The van der Waals surface area contributed by atoms with Gasteiger partial charge in [0.1, 0.15) is 5.82 Å². The molecule has 160 valence electrons. The summed E-state index contributed by atoms with van der Waals surface area (Å²) in [6.07, 6.45) is 3.06. The van der Waals surface area contributed by atoms with E-state index in [1.165, 1.54) is 16.4 Å². The topological polar surface area (TPSA) is 57.7 Å². The van der Waals surface area contributed by atoms with E-state index < -0.39 is 10.0 Å². The van der Waals surface area contributed by atoms with Crippen LogP contribution in [0.1, 0.15) is 37.3 Å². The van der Waals surface area contributed by atoms with Gasteiger partial charge in [-0.05, 0) is 67.6 Å². The van der Waals surface area contributed by atoms with Crippen LogP contribution < -0.4 is 0 Å². The average Bonchev–Trinajstić information content (AvgIpc) is 3.24. The van der Waals surface area contributed by atoms with Crippen molar-refractivity contribution in [2.75, 3.05) is 19.6 Å². The van der Waals surface area contributed by atoms with Crippen molar-refractivity contribution >= 4 is 31.9 Å². The van der Waals surface area contributed by atoms with Crippen molar-refractivity contribution in [1.82, 2.24) is 9.21 Å². The van der Waals surface area contributed by atoms with Crippen LogP contribution in [0.2, 0.25) is 0 Å². The number of carbonyl (C=O) groups is 1. The van der Waals surface area contributed by atoms with Gasteiger partial charge in [0.2, 0.25) is 15.9 Å². The quantitative estimate of drug-likeness (QED) is 0.634. The molecule has 0 aliphatic carbocycles. The van der Waals surface area contributed by atoms with E-state index in [1.807, 2.05) is 4.90 Å². The van der Waals surface area contributed by atoms with Crippen molar-refractivity contribution in [3.63, 3.8) is 0 Å². The molecular formula is C22H24BrFN2O3S. The van der Waals surface area contributed by atoms with Gasteiger partial charge in [-0.3, -0.25) is 4.79 Å². The van der Waals surface area contributed by atoms with Gasteiger partial charge in [0.05, 0.1) is 16.9 Å². The highest BCUT2D eigenvalue weighted by Gasteiger charge is 2.38. The molecule has 2 atom stereocenters. The standard InChI is InChI=1S/C22H24BrFN2O3S/c23-18-7-11-20(12-8-18)30(28,29)25-13-1-3-17(15-25)22(27)26-14-2-4-21(26)16-5-9-19(24)10-6-16/h5-12,17,21H,1-4,13-15H2. The second kappa shape index (κ2) is 8.77. The van der Waals surface area contributed by atoms with Crippen molar-refractivity contribution in [3.05, 3.63) is 64.4 Å². The molecule has 2 heterocycles. The molecule has 2 unspecified atom stereocenters. The van der Waals surface area contributed by atoms with Gasteiger partial charge in [0, 0.05) is 24.1 Å². The van der Waals surface area contributed by atoms with E-state index in [9.17, 15) is 17.6 Å². The smallest absolute Gasteiger partial charge is 0.243 e. The van der Waals surface area contributed by atoms with Crippen LogP contribution in [-0.4, -0.2) is 43.2 Å². The van der Waals surface area contributed by atoms with Crippen molar-refractivity contribution in [2.24, 2.45) is 5.92 Å². The SMILES string of the molecule is O=C(C1CCCN(S(=O)(=O)c2ccc(Br)cc2)C1)N1CCCC1c1ccc(F)cc1. The fourth-order valence-electron chi connectivity index (χ4n) is 4.41. The summed E-state index contributed by atoms with van der Waals surface area (Å²) < 4.78 is 41.7. The third kappa shape index (κ3) is 4.31. The van der Waals surface area contributed by atoms with E-state index in [2.05, 4.69) is 15.9 Å². The van der Waals surface area contributed by atoms with Crippen molar-refractivity contribution in [2.45, 2.75) is 36.6 Å². The zero-order valence-electron chi connectivity index (χ0n) is 16.5. The number of nitrogens with zero attached hydrogens (tertiary/aromatic N) is 2. The minimum absolute atomic E-state index is 0.00229. The van der Waals surface area contributed by atoms with E-state index >= 15 is 0 Å². The van der Waals surface area contributed by atoms with Crippen LogP contribution in [-0.2, 0) is 14.8 Å². The summed E-state index contributed by atoms with van der Waals surface area (Å²) in [7, 11) is -3.64. The summed E-state index contributed by atoms with van der Waals surface area (Å²) in [4.78, 5) is 15.4. The van der Waals surface area contributed by atoms with Crippen LogP contribution >= 0.6 is 15.9 Å². The predicted octanol–water partition coefficient (Wildman–Crippen LogP) is 4.35. The highest BCUT2D eigenvalue weighted by molar-refractivity contribution is 9.10. The fourth-order valence-corrected chi connectivity index (χ4v) is 6.20. The van der Waals surface area contributed by atoms with Gasteiger partial charge >= 0.3 is 0 Å². The Morgan fingerprint density at radius 2 is 1.63 bits per heavy atom. The molecule has 0 radical (unpaired) electrons. The minimum atomic E-state index is -3.64. The second-order valence-electron chi connectivity index (χ2n) is 7.90. The summed E-state index contributed by atoms with van der Waals surface area (Å²) in [6, 6.07) is 12.8. The monoisotopic (exact) mass is 494 g/mol. The van der Waals surface area contributed by atoms with Gasteiger partial charge in [0.25, 0.3) is 0 Å². The molecule has 2 aliphatic rings. The number of hydrogen-bond acceptors (Lipinski definition) is 3. The molecule has 0 bridgehead atoms. The molecule has 5 nitrogen and oxygen atoms in total. The molecule has 30 heavy (non-hydrogen) atoms. The maximum absolute atomic E-state index is 13.3. The van der Waals surface area contributed by atoms with E-state index in [4.69, 9.17) is 0 Å². The number of benzene rings is 2. The lowest BCUT2D eigenvalue weighted by molar-refractivity contribution is -0.137. The number of hydrogen-bond donors (Lipinski definition) is 0. The minimum Gasteiger partial charge on any atom is -0.335 e. The fraction of sp³-hybridized carbons (Fsp3) is 0.409. The van der Waals surface area contributed by atoms with Crippen LogP contribution in [0, 0.1) is 11.7 Å². The number of piperidine rings is 1. The van der Waals surface area contributed by atoms with Gasteiger partial charge in [-0.1, -0.05) is 28.1 Å². The van der Waals surface area contributed by atoms with Gasteiger partial charge in [-0.15, -0.1) is 0 Å². The molecular weight excluding hydrogens is 471 g/mol. The second-order valence-corrected chi connectivity index (χ2v) is 10.8. The largest absolute Gasteiger partial charge is 0.335 e. The van der Waals surface area contributed by atoms with Gasteiger partial charge in [0.15, 0.2) is 0 Å². The van der Waals surface area contributed by atoms with Crippen molar-refractivity contribution < 1.29 is 17.6 Å². The third-order valence-corrected chi connectivity index (χ3v) is 8.38. The highest BCUT2D eigenvalue weighted by Crippen LogP contribution is 2.35. The summed E-state index contributed by atoms with van der Waals surface area (Å²) in [5, 5.41) is 0. The van der Waals surface area contributed by atoms with Crippen LogP contribution in [0.3, 0.4) is 0 Å². The molecule has 2 aromatic carbocycles. The Morgan fingerprint density at radius 1 is 0.967 bits per heavy atom. The first-order valence-corrected chi connectivity index (χ1v) is 12.4. The molecule has 4 rings (SSSR count). The Hall–Kier alpha value is -1.77. The molecule has 1 amide bonds. The number of halogens is 2. The highest BCUT2D eigenvalue weighted by atomic mass is 79.9. The van der Waals surface area contributed by atoms with E-state index in [0.29, 0.717) is 25.9 Å². The van der Waals surface area contributed by atoms with Crippen LogP contribution in [0.15, 0.2) is 57.9 Å². The lowest BCUT2D eigenvalue weighted by atomic mass is 9.96. The molecule has 0 spiro atoms. The average molecular weight is 495 g/mol. The molecule has 2 saturated heterocycles. The third-order valence-electron chi connectivity index (χ3n) is 5.98. The Balaban J connectivity index is 1.50. The number of likely N-dealkylation sites (tertiary alicyclic amines) is 1. The Morgan fingerprint density at radius 3 is 2.33 bits per heavy atom. The molecule has 2 aromatic rings. The molecule has 0 aromatic heterocycles. The van der Waals surface area contributed by atoms with Gasteiger partial charge in [-0.2, -0.15) is 4.31 Å². The summed E-state index contributed by atoms with van der Waals surface area (Å²) in [5.74, 6) is -0.654. The Kier molecular flexibility index (Phi) is 6.27. The van der Waals surface area contributed by atoms with Crippen molar-refractivity contribution in [1.29, 1.82) is 0 Å². The summed E-state index contributed by atoms with van der Waals surface area (Å²) in [5.41, 5.74) is 0.928. The van der Waals surface area contributed by atoms with E-state index in [-0.39, 0.29) is 35.1 Å². The molecule has 0 saturated carbocycles. The van der Waals surface area contributed by atoms with Gasteiger partial charge in [-0.25, -0.2) is 12.8 Å². The van der Waals surface area contributed by atoms with E-state index in [1.54, 1.807) is 36.4 Å². The normalized spacial score (nSPS) is 22.9. The first-order valence-electron chi connectivity index (χ1n) is 10.2. The van der Waals surface area contributed by atoms with Crippen LogP contribution in [0.4, 0.5) is 4.39 Å². The zero-order valence-corrected chi connectivity index (χ0v) is 18.9. The number of sulfonamides is 1. The van der Waals surface area contributed by atoms with Crippen LogP contribution in [0.5, 0.6) is 0 Å². The zero-order chi connectivity index (χ0) is 21.3. The molecule has 8 heteroatoms. The van der Waals surface area contributed by atoms with E-state index in [0.717, 1.165) is 22.9 Å². The Labute approximate surface area is 185 Å². The summed E-state index contributed by atoms with van der Waals surface area (Å²) >= 11 is 3.32. The van der Waals surface area contributed by atoms with Gasteiger partial charge < -0.3 is 4.90 Å². The Bertz CT molecular complexity index is 1010. The first-order chi connectivity index (χ1) is 14.4. The maximum atomic E-state index is 13.3. The number of rotatable bonds is 4. The first kappa shape index (κ1) is 21.5. The van der Waals surface area contributed by atoms with Crippen LogP contribution in [0.25, 0.3) is 0 Å². The van der Waals surface area contributed by atoms with Crippen molar-refractivity contribution in [3.8, 4) is 0 Å². The lowest BCUT2D eigenvalue weighted by Crippen LogP contribution is -2.46. The predicted molar refractivity (Wildman–Crippen MR) is 116 cm³/mol. The lowest BCUT2D eigenvalue weighted by Gasteiger charge is -2.35. The number of amides is 1. The summed E-state index contributed by atoms with van der Waals surface area (Å²) in [6.45, 7) is 1.27. The molecule has 2 aliphatic heterocycles. The maximum Gasteiger partial charge on any atom is 0.243 e. The number of carbonyl (C=O) groups excluding carboxylic acids is 1. The molecule has 2 fully saturated rings. The molecule has 0 N–H and O–H groups in total.